The molecule has 2 amide bonds. The number of hydrogen-bond acceptors (Lipinski definition) is 4. The molecule has 2 heterocycles. The summed E-state index contributed by atoms with van der Waals surface area (Å²) in [6.45, 7) is 2.89. The van der Waals surface area contributed by atoms with Gasteiger partial charge in [0.2, 0.25) is 0 Å². The summed E-state index contributed by atoms with van der Waals surface area (Å²) in [5.74, 6) is -1.01. The van der Waals surface area contributed by atoms with Crippen LogP contribution >= 0.6 is 11.3 Å². The van der Waals surface area contributed by atoms with E-state index in [2.05, 4.69) is 16.8 Å². The highest BCUT2D eigenvalue weighted by Crippen LogP contribution is 2.32. The van der Waals surface area contributed by atoms with Gasteiger partial charge in [0.05, 0.1) is 12.6 Å². The van der Waals surface area contributed by atoms with Gasteiger partial charge in [-0.15, -0.1) is 11.3 Å². The standard InChI is InChI=1S/C13H18N2O4S/c1-9-10-3-7-20-11(10)2-5-15(9)13(18)14-4-6-19-8-12(16)17/h3,7,9H,2,4-6,8H2,1H3,(H,14,18)(H,16,17). The van der Waals surface area contributed by atoms with E-state index in [-0.39, 0.29) is 25.3 Å². The van der Waals surface area contributed by atoms with Gasteiger partial charge in [-0.25, -0.2) is 9.59 Å². The minimum absolute atomic E-state index is 0.0740. The van der Waals surface area contributed by atoms with E-state index in [1.54, 1.807) is 16.2 Å². The first kappa shape index (κ1) is 14.8. The Balaban J connectivity index is 1.78. The van der Waals surface area contributed by atoms with E-state index in [4.69, 9.17) is 9.84 Å². The average Bonchev–Trinajstić information content (AvgIpc) is 2.87. The van der Waals surface area contributed by atoms with Gasteiger partial charge in [-0.3, -0.25) is 0 Å². The van der Waals surface area contributed by atoms with E-state index in [0.717, 1.165) is 6.42 Å². The summed E-state index contributed by atoms with van der Waals surface area (Å²) in [5, 5.41) is 13.2. The fraction of sp³-hybridized carbons (Fsp3) is 0.538. The van der Waals surface area contributed by atoms with E-state index >= 15 is 0 Å². The van der Waals surface area contributed by atoms with Crippen LogP contribution in [0.1, 0.15) is 23.4 Å². The molecule has 2 N–H and O–H groups in total. The van der Waals surface area contributed by atoms with E-state index in [1.165, 1.54) is 10.4 Å². The molecule has 0 fully saturated rings. The summed E-state index contributed by atoms with van der Waals surface area (Å²) in [6.07, 6.45) is 0.889. The minimum atomic E-state index is -1.01. The van der Waals surface area contributed by atoms with Crippen molar-refractivity contribution in [1.29, 1.82) is 0 Å². The average molecular weight is 298 g/mol. The maximum absolute atomic E-state index is 12.1. The number of aliphatic carboxylic acids is 1. The molecule has 0 saturated carbocycles. The molecule has 6 nitrogen and oxygen atoms in total. The van der Waals surface area contributed by atoms with Crippen molar-refractivity contribution in [2.45, 2.75) is 19.4 Å². The molecule has 2 rings (SSSR count). The number of rotatable bonds is 5. The number of carboxylic acids is 1. The van der Waals surface area contributed by atoms with Gasteiger partial charge in [0, 0.05) is 18.0 Å². The van der Waals surface area contributed by atoms with Crippen LogP contribution in [0.5, 0.6) is 0 Å². The fourth-order valence-corrected chi connectivity index (χ4v) is 3.24. The second kappa shape index (κ2) is 6.71. The molecule has 7 heteroatoms. The molecule has 1 atom stereocenters. The third-order valence-electron chi connectivity index (χ3n) is 3.29. The van der Waals surface area contributed by atoms with Crippen LogP contribution in [-0.4, -0.2) is 48.3 Å². The zero-order valence-corrected chi connectivity index (χ0v) is 12.1. The number of fused-ring (bicyclic) bond motifs is 1. The van der Waals surface area contributed by atoms with Crippen LogP contribution in [0, 0.1) is 0 Å². The van der Waals surface area contributed by atoms with Crippen molar-refractivity contribution in [2.75, 3.05) is 26.3 Å². The fourth-order valence-electron chi connectivity index (χ4n) is 2.28. The van der Waals surface area contributed by atoms with Crippen molar-refractivity contribution in [3.63, 3.8) is 0 Å². The Bertz CT molecular complexity index is 488. The van der Waals surface area contributed by atoms with Crippen molar-refractivity contribution in [2.24, 2.45) is 0 Å². The van der Waals surface area contributed by atoms with Gasteiger partial charge >= 0.3 is 12.0 Å². The monoisotopic (exact) mass is 298 g/mol. The molecule has 1 unspecified atom stereocenters. The summed E-state index contributed by atoms with van der Waals surface area (Å²) in [6, 6.07) is 2.01. The van der Waals surface area contributed by atoms with Crippen LogP contribution < -0.4 is 5.32 Å². The van der Waals surface area contributed by atoms with Crippen LogP contribution in [0.4, 0.5) is 4.79 Å². The molecule has 0 saturated heterocycles. The molecular weight excluding hydrogens is 280 g/mol. The van der Waals surface area contributed by atoms with Gasteiger partial charge in [-0.2, -0.15) is 0 Å². The highest BCUT2D eigenvalue weighted by atomic mass is 32.1. The third kappa shape index (κ3) is 3.49. The Hall–Kier alpha value is -1.60. The molecule has 1 aromatic heterocycles. The van der Waals surface area contributed by atoms with E-state index in [1.807, 2.05) is 6.92 Å². The topological polar surface area (TPSA) is 78.9 Å². The third-order valence-corrected chi connectivity index (χ3v) is 4.28. The summed E-state index contributed by atoms with van der Waals surface area (Å²) >= 11 is 1.74. The Morgan fingerprint density at radius 3 is 3.15 bits per heavy atom. The molecule has 1 aliphatic heterocycles. The molecule has 20 heavy (non-hydrogen) atoms. The molecule has 0 spiro atoms. The first-order chi connectivity index (χ1) is 9.59. The number of hydrogen-bond donors (Lipinski definition) is 2. The van der Waals surface area contributed by atoms with Crippen molar-refractivity contribution in [3.8, 4) is 0 Å². The summed E-state index contributed by atoms with van der Waals surface area (Å²) in [7, 11) is 0. The molecule has 0 aromatic carbocycles. The molecule has 0 bridgehead atoms. The zero-order valence-electron chi connectivity index (χ0n) is 11.3. The molecule has 0 radical (unpaired) electrons. The summed E-state index contributed by atoms with van der Waals surface area (Å²) in [5.41, 5.74) is 1.22. The van der Waals surface area contributed by atoms with E-state index in [0.29, 0.717) is 13.1 Å². The molecule has 1 aliphatic rings. The number of urea groups is 1. The van der Waals surface area contributed by atoms with Crippen LogP contribution in [0.3, 0.4) is 0 Å². The van der Waals surface area contributed by atoms with Gasteiger partial charge in [0.25, 0.3) is 0 Å². The summed E-state index contributed by atoms with van der Waals surface area (Å²) < 4.78 is 4.87. The Morgan fingerprint density at radius 1 is 1.60 bits per heavy atom. The Morgan fingerprint density at radius 2 is 2.40 bits per heavy atom. The molecule has 110 valence electrons. The lowest BCUT2D eigenvalue weighted by atomic mass is 10.0. The van der Waals surface area contributed by atoms with Gasteiger partial charge in [-0.05, 0) is 30.4 Å². The lowest BCUT2D eigenvalue weighted by Crippen LogP contribution is -2.45. The highest BCUT2D eigenvalue weighted by molar-refractivity contribution is 7.10. The van der Waals surface area contributed by atoms with E-state index in [9.17, 15) is 9.59 Å². The Kier molecular flexibility index (Phi) is 4.97. The van der Waals surface area contributed by atoms with Gasteiger partial charge in [-0.1, -0.05) is 0 Å². The van der Waals surface area contributed by atoms with E-state index < -0.39 is 5.97 Å². The number of carboxylic acid groups (broad SMARTS) is 1. The lowest BCUT2D eigenvalue weighted by molar-refractivity contribution is -0.142. The normalized spacial score (nSPS) is 17.6. The minimum Gasteiger partial charge on any atom is -0.480 e. The lowest BCUT2D eigenvalue weighted by Gasteiger charge is -2.33. The van der Waals surface area contributed by atoms with Crippen molar-refractivity contribution in [1.82, 2.24) is 10.2 Å². The molecular formula is C13H18N2O4S. The zero-order chi connectivity index (χ0) is 14.5. The number of thiophene rings is 1. The second-order valence-electron chi connectivity index (χ2n) is 4.60. The quantitative estimate of drug-likeness (QED) is 0.807. The highest BCUT2D eigenvalue weighted by Gasteiger charge is 2.27. The smallest absolute Gasteiger partial charge is 0.329 e. The van der Waals surface area contributed by atoms with Gasteiger partial charge in [0.15, 0.2) is 0 Å². The maximum atomic E-state index is 12.1. The van der Waals surface area contributed by atoms with Crippen molar-refractivity contribution < 1.29 is 19.4 Å². The first-order valence-corrected chi connectivity index (χ1v) is 7.38. The van der Waals surface area contributed by atoms with Crippen molar-refractivity contribution in [3.05, 3.63) is 21.9 Å². The predicted molar refractivity (Wildman–Crippen MR) is 75.0 cm³/mol. The van der Waals surface area contributed by atoms with Crippen LogP contribution in [-0.2, 0) is 16.0 Å². The van der Waals surface area contributed by atoms with Crippen LogP contribution in [0.2, 0.25) is 0 Å². The number of carbonyl (C=O) groups is 2. The number of nitrogens with one attached hydrogen (secondary N) is 1. The summed E-state index contributed by atoms with van der Waals surface area (Å²) in [4.78, 5) is 25.5. The van der Waals surface area contributed by atoms with Crippen LogP contribution in [0.15, 0.2) is 11.4 Å². The number of nitrogens with zero attached hydrogens (tertiary/aromatic N) is 1. The number of amides is 2. The first-order valence-electron chi connectivity index (χ1n) is 6.50. The number of ether oxygens (including phenoxy) is 1. The largest absolute Gasteiger partial charge is 0.480 e. The van der Waals surface area contributed by atoms with Crippen molar-refractivity contribution >= 4 is 23.3 Å². The SMILES string of the molecule is CC1c2ccsc2CCN1C(=O)NCCOCC(=O)O. The van der Waals surface area contributed by atoms with Gasteiger partial charge in [0.1, 0.15) is 6.61 Å². The number of carbonyl (C=O) groups excluding carboxylic acids is 1. The molecule has 1 aromatic rings. The van der Waals surface area contributed by atoms with Gasteiger partial charge < -0.3 is 20.1 Å². The van der Waals surface area contributed by atoms with Crippen LogP contribution in [0.25, 0.3) is 0 Å². The predicted octanol–water partition coefficient (Wildman–Crippen LogP) is 1.48. The molecule has 0 aliphatic carbocycles. The maximum Gasteiger partial charge on any atom is 0.329 e. The Labute approximate surface area is 121 Å². The second-order valence-corrected chi connectivity index (χ2v) is 5.60.